The van der Waals surface area contributed by atoms with Gasteiger partial charge in [0.05, 0.1) is 14.2 Å². The van der Waals surface area contributed by atoms with E-state index in [1.165, 1.54) is 16.7 Å². The topological polar surface area (TPSA) is 30.5 Å². The summed E-state index contributed by atoms with van der Waals surface area (Å²) in [6.45, 7) is 5.80. The van der Waals surface area contributed by atoms with E-state index in [0.717, 1.165) is 30.2 Å². The fraction of sp³-hybridized carbons (Fsp3) is 0.333. The zero-order valence-electron chi connectivity index (χ0n) is 13.6. The number of aryl methyl sites for hydroxylation is 2. The Labute approximate surface area is 143 Å². The van der Waals surface area contributed by atoms with E-state index in [0.29, 0.717) is 0 Å². The summed E-state index contributed by atoms with van der Waals surface area (Å²) in [5, 5.41) is 3.48. The second-order valence-electron chi connectivity index (χ2n) is 5.16. The fourth-order valence-corrected chi connectivity index (χ4v) is 2.44. The average molecular weight is 366 g/mol. The molecule has 4 heteroatoms. The third-order valence-electron chi connectivity index (χ3n) is 3.68. The van der Waals surface area contributed by atoms with E-state index in [1.807, 2.05) is 18.2 Å². The number of nitrogens with one attached hydrogen (secondary N) is 1. The third-order valence-corrected chi connectivity index (χ3v) is 3.68. The molecule has 1 N–H and O–H groups in total. The maximum atomic E-state index is 5.36. The molecule has 0 saturated heterocycles. The summed E-state index contributed by atoms with van der Waals surface area (Å²) >= 11 is 0. The van der Waals surface area contributed by atoms with Crippen LogP contribution >= 0.6 is 17.0 Å². The van der Waals surface area contributed by atoms with Crippen molar-refractivity contribution < 1.29 is 9.47 Å². The predicted octanol–water partition coefficient (Wildman–Crippen LogP) is 4.19. The van der Waals surface area contributed by atoms with Crippen LogP contribution in [0, 0.1) is 13.8 Å². The number of ether oxygens (including phenoxy) is 2. The van der Waals surface area contributed by atoms with Crippen LogP contribution in [0.15, 0.2) is 36.4 Å². The van der Waals surface area contributed by atoms with Gasteiger partial charge in [0.15, 0.2) is 0 Å². The Morgan fingerprint density at radius 3 is 2.14 bits per heavy atom. The lowest BCUT2D eigenvalue weighted by molar-refractivity contribution is 0.407. The minimum Gasteiger partial charge on any atom is -0.496 e. The summed E-state index contributed by atoms with van der Waals surface area (Å²) in [5.41, 5.74) is 4.87. The first kappa shape index (κ1) is 18.5. The molecule has 0 bridgehead atoms. The van der Waals surface area contributed by atoms with E-state index >= 15 is 0 Å². The normalized spacial score (nSPS) is 10.0. The number of hydrogen-bond donors (Lipinski definition) is 1. The Morgan fingerprint density at radius 1 is 0.818 bits per heavy atom. The highest BCUT2D eigenvalue weighted by molar-refractivity contribution is 8.93. The number of rotatable bonds is 6. The Morgan fingerprint density at radius 2 is 1.45 bits per heavy atom. The van der Waals surface area contributed by atoms with Gasteiger partial charge in [0.2, 0.25) is 0 Å². The lowest BCUT2D eigenvalue weighted by atomic mass is 10.0. The SMILES string of the molecule is Br.COc1cc(C)c(CNCc2ccccc2OC)cc1C. The summed E-state index contributed by atoms with van der Waals surface area (Å²) in [7, 11) is 3.41. The van der Waals surface area contributed by atoms with Crippen molar-refractivity contribution in [2.45, 2.75) is 26.9 Å². The largest absolute Gasteiger partial charge is 0.496 e. The van der Waals surface area contributed by atoms with Crippen LogP contribution in [0.1, 0.15) is 22.3 Å². The molecule has 0 saturated carbocycles. The van der Waals surface area contributed by atoms with Crippen LogP contribution < -0.4 is 14.8 Å². The van der Waals surface area contributed by atoms with Crippen molar-refractivity contribution in [1.82, 2.24) is 5.32 Å². The first-order valence-electron chi connectivity index (χ1n) is 7.12. The molecule has 2 aromatic rings. The van der Waals surface area contributed by atoms with E-state index in [1.54, 1.807) is 14.2 Å². The number of benzene rings is 2. The van der Waals surface area contributed by atoms with Crippen LogP contribution in [0.3, 0.4) is 0 Å². The van der Waals surface area contributed by atoms with Crippen LogP contribution in [0.25, 0.3) is 0 Å². The monoisotopic (exact) mass is 365 g/mol. The molecule has 0 amide bonds. The standard InChI is InChI=1S/C18H23NO2.BrH/c1-13-10-18(21-4)14(2)9-16(13)12-19-11-15-7-5-6-8-17(15)20-3;/h5-10,19H,11-12H2,1-4H3;1H. The highest BCUT2D eigenvalue weighted by Crippen LogP contribution is 2.23. The number of hydrogen-bond acceptors (Lipinski definition) is 3. The van der Waals surface area contributed by atoms with Crippen molar-refractivity contribution >= 4 is 17.0 Å². The molecule has 0 radical (unpaired) electrons. The van der Waals surface area contributed by atoms with Gasteiger partial charge in [-0.15, -0.1) is 17.0 Å². The van der Waals surface area contributed by atoms with Crippen LogP contribution in [-0.2, 0) is 13.1 Å². The maximum absolute atomic E-state index is 5.36. The second kappa shape index (κ2) is 8.81. The molecule has 0 fully saturated rings. The first-order valence-corrected chi connectivity index (χ1v) is 7.12. The lowest BCUT2D eigenvalue weighted by Crippen LogP contribution is -2.14. The van der Waals surface area contributed by atoms with Gasteiger partial charge in [0, 0.05) is 18.7 Å². The van der Waals surface area contributed by atoms with Crippen molar-refractivity contribution in [3.8, 4) is 11.5 Å². The Balaban J connectivity index is 0.00000242. The Bertz CT molecular complexity index is 614. The van der Waals surface area contributed by atoms with Gasteiger partial charge in [-0.3, -0.25) is 0 Å². The van der Waals surface area contributed by atoms with E-state index in [-0.39, 0.29) is 17.0 Å². The Kier molecular flexibility index (Phi) is 7.42. The number of para-hydroxylation sites is 1. The molecule has 0 unspecified atom stereocenters. The third kappa shape index (κ3) is 4.49. The molecule has 3 nitrogen and oxygen atoms in total. The number of methoxy groups -OCH3 is 2. The van der Waals surface area contributed by atoms with Gasteiger partial charge in [-0.2, -0.15) is 0 Å². The highest BCUT2D eigenvalue weighted by atomic mass is 79.9. The minimum absolute atomic E-state index is 0. The second-order valence-corrected chi connectivity index (χ2v) is 5.16. The predicted molar refractivity (Wildman–Crippen MR) is 96.3 cm³/mol. The Hall–Kier alpha value is -1.52. The van der Waals surface area contributed by atoms with Gasteiger partial charge in [-0.1, -0.05) is 24.3 Å². The van der Waals surface area contributed by atoms with Gasteiger partial charge < -0.3 is 14.8 Å². The summed E-state index contributed by atoms with van der Waals surface area (Å²) in [4.78, 5) is 0. The van der Waals surface area contributed by atoms with Crippen molar-refractivity contribution in [2.24, 2.45) is 0 Å². The summed E-state index contributed by atoms with van der Waals surface area (Å²) in [5.74, 6) is 1.87. The molecule has 22 heavy (non-hydrogen) atoms. The van der Waals surface area contributed by atoms with Gasteiger partial charge in [0.25, 0.3) is 0 Å². The van der Waals surface area contributed by atoms with Crippen molar-refractivity contribution in [3.63, 3.8) is 0 Å². The molecular weight excluding hydrogens is 342 g/mol. The fourth-order valence-electron chi connectivity index (χ4n) is 2.44. The van der Waals surface area contributed by atoms with E-state index in [2.05, 4.69) is 37.4 Å². The molecule has 0 aliphatic carbocycles. The van der Waals surface area contributed by atoms with Crippen molar-refractivity contribution in [1.29, 1.82) is 0 Å². The molecule has 120 valence electrons. The van der Waals surface area contributed by atoms with E-state index in [9.17, 15) is 0 Å². The van der Waals surface area contributed by atoms with Crippen molar-refractivity contribution in [3.05, 3.63) is 58.7 Å². The first-order chi connectivity index (χ1) is 10.2. The van der Waals surface area contributed by atoms with Crippen LogP contribution in [0.5, 0.6) is 11.5 Å². The maximum Gasteiger partial charge on any atom is 0.123 e. The van der Waals surface area contributed by atoms with Gasteiger partial charge in [-0.25, -0.2) is 0 Å². The molecule has 0 heterocycles. The smallest absolute Gasteiger partial charge is 0.123 e. The quantitative estimate of drug-likeness (QED) is 0.832. The van der Waals surface area contributed by atoms with Crippen LogP contribution in [0.4, 0.5) is 0 Å². The van der Waals surface area contributed by atoms with E-state index < -0.39 is 0 Å². The zero-order valence-corrected chi connectivity index (χ0v) is 15.3. The van der Waals surface area contributed by atoms with Crippen LogP contribution in [0.2, 0.25) is 0 Å². The molecule has 2 rings (SSSR count). The average Bonchev–Trinajstić information content (AvgIpc) is 2.50. The lowest BCUT2D eigenvalue weighted by Gasteiger charge is -2.13. The summed E-state index contributed by atoms with van der Waals surface area (Å²) in [6.07, 6.45) is 0. The van der Waals surface area contributed by atoms with Gasteiger partial charge >= 0.3 is 0 Å². The molecular formula is C18H24BrNO2. The molecule has 2 aromatic carbocycles. The van der Waals surface area contributed by atoms with Gasteiger partial charge in [0.1, 0.15) is 11.5 Å². The number of halogens is 1. The zero-order chi connectivity index (χ0) is 15.2. The molecule has 0 aliphatic heterocycles. The highest BCUT2D eigenvalue weighted by Gasteiger charge is 2.06. The summed E-state index contributed by atoms with van der Waals surface area (Å²) in [6, 6.07) is 12.4. The van der Waals surface area contributed by atoms with Gasteiger partial charge in [-0.05, 0) is 42.7 Å². The molecule has 0 aromatic heterocycles. The summed E-state index contributed by atoms with van der Waals surface area (Å²) < 4.78 is 10.7. The molecule has 0 spiro atoms. The molecule has 0 atom stereocenters. The van der Waals surface area contributed by atoms with Crippen molar-refractivity contribution in [2.75, 3.05) is 14.2 Å². The minimum atomic E-state index is 0. The molecule has 0 aliphatic rings. The van der Waals surface area contributed by atoms with Crippen LogP contribution in [-0.4, -0.2) is 14.2 Å². The van der Waals surface area contributed by atoms with E-state index in [4.69, 9.17) is 9.47 Å².